The Labute approximate surface area is 67.5 Å². The summed E-state index contributed by atoms with van der Waals surface area (Å²) in [7, 11) is 0. The molecule has 0 atom stereocenters. The van der Waals surface area contributed by atoms with Gasteiger partial charge in [-0.1, -0.05) is 0 Å². The number of hydrogen-bond acceptors (Lipinski definition) is 3. The molecule has 0 spiro atoms. The molecule has 0 aromatic carbocycles. The van der Waals surface area contributed by atoms with Crippen LogP contribution in [-0.2, 0) is 0 Å². The van der Waals surface area contributed by atoms with Crippen LogP contribution < -0.4 is 0 Å². The molecule has 1 aromatic heterocycles. The monoisotopic (exact) mass is 168 g/mol. The molecule has 4 nitrogen and oxygen atoms in total. The van der Waals surface area contributed by atoms with E-state index in [1.807, 2.05) is 0 Å². The topological polar surface area (TPSA) is 56.0 Å². The maximum absolute atomic E-state index is 12.7. The van der Waals surface area contributed by atoms with Gasteiger partial charge in [-0.3, -0.25) is 10.1 Å². The summed E-state index contributed by atoms with van der Waals surface area (Å²) in [5.74, 6) is -0.712. The van der Waals surface area contributed by atoms with Crippen molar-refractivity contribution in [1.82, 2.24) is 4.98 Å². The summed E-state index contributed by atoms with van der Waals surface area (Å²) in [6.45, 7) is 0. The van der Waals surface area contributed by atoms with Gasteiger partial charge in [0.15, 0.2) is 0 Å². The molecule has 0 N–H and O–H groups in total. The van der Waals surface area contributed by atoms with Crippen molar-refractivity contribution in [3.05, 3.63) is 46.2 Å². The highest BCUT2D eigenvalue weighted by atomic mass is 19.1. The molecule has 0 fully saturated rings. The summed E-state index contributed by atoms with van der Waals surface area (Å²) >= 11 is 0. The standard InChI is InChI=1S/C7H5FN2O2/c8-7-6(2-1-4-9-7)3-5-10(11)12/h1-5H/b5-3+. The van der Waals surface area contributed by atoms with E-state index in [4.69, 9.17) is 0 Å². The van der Waals surface area contributed by atoms with Crippen LogP contribution in [0.5, 0.6) is 0 Å². The largest absolute Gasteiger partial charge is 0.259 e. The van der Waals surface area contributed by atoms with Crippen LogP contribution in [0.2, 0.25) is 0 Å². The molecule has 0 aliphatic carbocycles. The average Bonchev–Trinajstić information content (AvgIpc) is 2.03. The molecule has 5 heteroatoms. The molecule has 0 saturated heterocycles. The molecular weight excluding hydrogens is 163 g/mol. The first-order chi connectivity index (χ1) is 5.70. The number of hydrogen-bond donors (Lipinski definition) is 0. The summed E-state index contributed by atoms with van der Waals surface area (Å²) in [5, 5.41) is 9.86. The van der Waals surface area contributed by atoms with E-state index in [0.29, 0.717) is 6.20 Å². The van der Waals surface area contributed by atoms with Crippen LogP contribution >= 0.6 is 0 Å². The number of aromatic nitrogens is 1. The lowest BCUT2D eigenvalue weighted by atomic mass is 10.3. The van der Waals surface area contributed by atoms with Gasteiger partial charge in [0.05, 0.1) is 4.92 Å². The Morgan fingerprint density at radius 2 is 2.42 bits per heavy atom. The predicted molar refractivity (Wildman–Crippen MR) is 40.2 cm³/mol. The zero-order valence-electron chi connectivity index (χ0n) is 5.98. The summed E-state index contributed by atoms with van der Waals surface area (Å²) in [5.41, 5.74) is 0.106. The van der Waals surface area contributed by atoms with Crippen LogP contribution in [-0.4, -0.2) is 9.91 Å². The number of halogens is 1. The van der Waals surface area contributed by atoms with Crippen molar-refractivity contribution in [2.45, 2.75) is 0 Å². The first-order valence-corrected chi connectivity index (χ1v) is 3.12. The minimum absolute atomic E-state index is 0.106. The van der Waals surface area contributed by atoms with E-state index in [2.05, 4.69) is 4.98 Å². The smallest absolute Gasteiger partial charge is 0.235 e. The van der Waals surface area contributed by atoms with E-state index in [1.165, 1.54) is 18.3 Å². The van der Waals surface area contributed by atoms with Gasteiger partial charge in [0.1, 0.15) is 0 Å². The Morgan fingerprint density at radius 3 is 3.00 bits per heavy atom. The summed E-state index contributed by atoms with van der Waals surface area (Å²) in [6, 6.07) is 2.91. The SMILES string of the molecule is O=[N+]([O-])/C=C/c1cccnc1F. The lowest BCUT2D eigenvalue weighted by Crippen LogP contribution is -1.87. The maximum Gasteiger partial charge on any atom is 0.235 e. The average molecular weight is 168 g/mol. The molecule has 0 aliphatic heterocycles. The van der Waals surface area contributed by atoms with Crippen molar-refractivity contribution >= 4 is 6.08 Å². The minimum atomic E-state index is -0.712. The quantitative estimate of drug-likeness (QED) is 0.381. The fraction of sp³-hybridized carbons (Fsp3) is 0. The van der Waals surface area contributed by atoms with Crippen LogP contribution in [0, 0.1) is 16.1 Å². The van der Waals surface area contributed by atoms with E-state index in [9.17, 15) is 14.5 Å². The van der Waals surface area contributed by atoms with Crippen molar-refractivity contribution in [2.24, 2.45) is 0 Å². The molecule has 0 saturated carbocycles. The number of nitro groups is 1. The predicted octanol–water partition coefficient (Wildman–Crippen LogP) is 1.47. The lowest BCUT2D eigenvalue weighted by Gasteiger charge is -1.90. The van der Waals surface area contributed by atoms with Crippen LogP contribution in [0.4, 0.5) is 4.39 Å². The first kappa shape index (κ1) is 8.32. The molecule has 62 valence electrons. The number of pyridine rings is 1. The Balaban J connectivity index is 2.89. The van der Waals surface area contributed by atoms with Crippen LogP contribution in [0.25, 0.3) is 6.08 Å². The van der Waals surface area contributed by atoms with E-state index in [1.54, 1.807) is 0 Å². The fourth-order valence-electron chi connectivity index (χ4n) is 0.664. The highest BCUT2D eigenvalue weighted by Gasteiger charge is 1.98. The van der Waals surface area contributed by atoms with Crippen molar-refractivity contribution in [2.75, 3.05) is 0 Å². The first-order valence-electron chi connectivity index (χ1n) is 3.12. The second kappa shape index (κ2) is 3.56. The molecule has 0 unspecified atom stereocenters. The van der Waals surface area contributed by atoms with E-state index < -0.39 is 10.9 Å². The molecule has 1 rings (SSSR count). The van der Waals surface area contributed by atoms with Gasteiger partial charge in [-0.15, -0.1) is 0 Å². The van der Waals surface area contributed by atoms with E-state index in [0.717, 1.165) is 6.08 Å². The molecule has 12 heavy (non-hydrogen) atoms. The molecule has 1 heterocycles. The summed E-state index contributed by atoms with van der Waals surface area (Å²) in [4.78, 5) is 12.5. The zero-order valence-corrected chi connectivity index (χ0v) is 5.98. The van der Waals surface area contributed by atoms with Crippen molar-refractivity contribution in [3.63, 3.8) is 0 Å². The Kier molecular flexibility index (Phi) is 2.47. The van der Waals surface area contributed by atoms with Crippen molar-refractivity contribution in [1.29, 1.82) is 0 Å². The van der Waals surface area contributed by atoms with Gasteiger partial charge in [-0.05, 0) is 12.1 Å². The fourth-order valence-corrected chi connectivity index (χ4v) is 0.664. The molecule has 0 aliphatic rings. The Morgan fingerprint density at radius 1 is 1.67 bits per heavy atom. The van der Waals surface area contributed by atoms with Crippen molar-refractivity contribution in [3.8, 4) is 0 Å². The third-order valence-corrected chi connectivity index (χ3v) is 1.16. The van der Waals surface area contributed by atoms with Gasteiger partial charge in [-0.2, -0.15) is 4.39 Å². The zero-order chi connectivity index (χ0) is 8.97. The van der Waals surface area contributed by atoms with E-state index in [-0.39, 0.29) is 5.56 Å². The van der Waals surface area contributed by atoms with Crippen LogP contribution in [0.15, 0.2) is 24.5 Å². The molecule has 0 radical (unpaired) electrons. The minimum Gasteiger partial charge on any atom is -0.259 e. The second-order valence-corrected chi connectivity index (χ2v) is 1.98. The molecular formula is C7H5FN2O2. The normalized spacial score (nSPS) is 10.4. The summed E-state index contributed by atoms with van der Waals surface area (Å²) < 4.78 is 12.7. The van der Waals surface area contributed by atoms with Gasteiger partial charge in [0.25, 0.3) is 0 Å². The number of rotatable bonds is 2. The van der Waals surface area contributed by atoms with Gasteiger partial charge in [0, 0.05) is 17.8 Å². The Hall–Kier alpha value is -1.78. The third kappa shape index (κ3) is 2.12. The number of nitrogens with zero attached hydrogens (tertiary/aromatic N) is 2. The van der Waals surface area contributed by atoms with Gasteiger partial charge in [-0.25, -0.2) is 4.98 Å². The van der Waals surface area contributed by atoms with Gasteiger partial charge < -0.3 is 0 Å². The third-order valence-electron chi connectivity index (χ3n) is 1.16. The lowest BCUT2D eigenvalue weighted by molar-refractivity contribution is -0.400. The maximum atomic E-state index is 12.7. The van der Waals surface area contributed by atoms with Crippen molar-refractivity contribution < 1.29 is 9.31 Å². The molecule has 1 aromatic rings. The van der Waals surface area contributed by atoms with Crippen LogP contribution in [0.3, 0.4) is 0 Å². The summed E-state index contributed by atoms with van der Waals surface area (Å²) in [6.07, 6.45) is 3.00. The van der Waals surface area contributed by atoms with Gasteiger partial charge >= 0.3 is 0 Å². The van der Waals surface area contributed by atoms with Gasteiger partial charge in [0.2, 0.25) is 12.1 Å². The highest BCUT2D eigenvalue weighted by molar-refractivity contribution is 5.46. The van der Waals surface area contributed by atoms with Crippen LogP contribution in [0.1, 0.15) is 5.56 Å². The Bertz CT molecular complexity index is 325. The highest BCUT2D eigenvalue weighted by Crippen LogP contribution is 2.04. The molecule has 0 bridgehead atoms. The second-order valence-electron chi connectivity index (χ2n) is 1.98. The molecule has 0 amide bonds. The van der Waals surface area contributed by atoms with E-state index >= 15 is 0 Å².